The van der Waals surface area contributed by atoms with Crippen LogP contribution in [0.5, 0.6) is 5.75 Å². The third kappa shape index (κ3) is 4.61. The zero-order valence-corrected chi connectivity index (χ0v) is 19.0. The van der Waals surface area contributed by atoms with Gasteiger partial charge in [0.25, 0.3) is 0 Å². The molecular formula is C23H30N2O4S. The van der Waals surface area contributed by atoms with Crippen LogP contribution >= 0.6 is 0 Å². The van der Waals surface area contributed by atoms with Crippen LogP contribution in [-0.2, 0) is 27.7 Å². The van der Waals surface area contributed by atoms with E-state index in [1.54, 1.807) is 19.1 Å². The maximum atomic E-state index is 13.0. The Labute approximate surface area is 179 Å². The fourth-order valence-corrected chi connectivity index (χ4v) is 5.20. The minimum Gasteiger partial charge on any atom is -0.495 e. The maximum Gasteiger partial charge on any atom is 0.244 e. The Morgan fingerprint density at radius 2 is 1.80 bits per heavy atom. The number of methoxy groups -OCH3 is 1. The molecule has 2 atom stereocenters. The first-order valence-electron chi connectivity index (χ1n) is 10.2. The van der Waals surface area contributed by atoms with Gasteiger partial charge in [0, 0.05) is 0 Å². The van der Waals surface area contributed by atoms with Crippen molar-refractivity contribution in [2.75, 3.05) is 17.7 Å². The van der Waals surface area contributed by atoms with Gasteiger partial charge in [-0.25, -0.2) is 8.42 Å². The van der Waals surface area contributed by atoms with E-state index in [9.17, 15) is 13.2 Å². The Hall–Kier alpha value is -2.54. The van der Waals surface area contributed by atoms with Gasteiger partial charge in [-0.1, -0.05) is 24.3 Å². The van der Waals surface area contributed by atoms with Gasteiger partial charge in [0.1, 0.15) is 11.8 Å². The zero-order valence-electron chi connectivity index (χ0n) is 18.2. The second-order valence-electron chi connectivity index (χ2n) is 8.02. The van der Waals surface area contributed by atoms with Gasteiger partial charge in [0.05, 0.1) is 25.1 Å². The van der Waals surface area contributed by atoms with Crippen LogP contribution in [0.3, 0.4) is 0 Å². The summed E-state index contributed by atoms with van der Waals surface area (Å²) in [5, 5.41) is 2.98. The number of carbonyl (C=O) groups excluding carboxylic acids is 1. The normalized spacial score (nSPS) is 15.2. The molecule has 0 heterocycles. The molecule has 0 saturated heterocycles. The molecule has 1 aliphatic carbocycles. The molecule has 0 aromatic heterocycles. The summed E-state index contributed by atoms with van der Waals surface area (Å²) in [6.45, 7) is 5.37. The predicted molar refractivity (Wildman–Crippen MR) is 120 cm³/mol. The van der Waals surface area contributed by atoms with Gasteiger partial charge in [0.2, 0.25) is 15.9 Å². The molecule has 1 amide bonds. The van der Waals surface area contributed by atoms with E-state index >= 15 is 0 Å². The molecule has 0 spiro atoms. The van der Waals surface area contributed by atoms with Gasteiger partial charge in [-0.2, -0.15) is 0 Å². The summed E-state index contributed by atoms with van der Waals surface area (Å²) in [5.41, 5.74) is 4.96. The summed E-state index contributed by atoms with van der Waals surface area (Å²) < 4.78 is 31.8. The first kappa shape index (κ1) is 22.2. The number of aryl methyl sites for hydroxylation is 3. The summed E-state index contributed by atoms with van der Waals surface area (Å²) in [5.74, 6) is 0.0364. The van der Waals surface area contributed by atoms with Crippen LogP contribution < -0.4 is 14.4 Å². The van der Waals surface area contributed by atoms with Gasteiger partial charge < -0.3 is 10.1 Å². The highest BCUT2D eigenvalue weighted by Gasteiger charge is 2.32. The van der Waals surface area contributed by atoms with E-state index in [0.717, 1.165) is 41.0 Å². The Morgan fingerprint density at radius 3 is 2.47 bits per heavy atom. The van der Waals surface area contributed by atoms with E-state index in [1.165, 1.54) is 18.2 Å². The number of amides is 1. The molecule has 0 fully saturated rings. The first-order chi connectivity index (χ1) is 14.1. The Bertz CT molecular complexity index is 1050. The average molecular weight is 431 g/mol. The van der Waals surface area contributed by atoms with Crippen molar-refractivity contribution in [3.8, 4) is 5.75 Å². The summed E-state index contributed by atoms with van der Waals surface area (Å²) in [4.78, 5) is 13.0. The predicted octanol–water partition coefficient (Wildman–Crippen LogP) is 3.52. The molecule has 0 bridgehead atoms. The van der Waals surface area contributed by atoms with Crippen LogP contribution in [0.2, 0.25) is 0 Å². The van der Waals surface area contributed by atoms with Crippen LogP contribution in [0, 0.1) is 6.92 Å². The van der Waals surface area contributed by atoms with Crippen molar-refractivity contribution in [1.29, 1.82) is 0 Å². The van der Waals surface area contributed by atoms with Crippen LogP contribution in [0.25, 0.3) is 0 Å². The van der Waals surface area contributed by atoms with Crippen molar-refractivity contribution >= 4 is 21.6 Å². The quantitative estimate of drug-likeness (QED) is 0.729. The molecule has 3 rings (SSSR count). The van der Waals surface area contributed by atoms with E-state index in [-0.39, 0.29) is 11.9 Å². The molecular weight excluding hydrogens is 400 g/mol. The molecule has 6 nitrogen and oxygen atoms in total. The first-order valence-corrected chi connectivity index (χ1v) is 12.0. The fourth-order valence-electron chi connectivity index (χ4n) is 4.03. The van der Waals surface area contributed by atoms with Crippen molar-refractivity contribution in [2.45, 2.75) is 52.1 Å². The molecule has 0 radical (unpaired) electrons. The van der Waals surface area contributed by atoms with Crippen molar-refractivity contribution in [2.24, 2.45) is 0 Å². The number of carbonyl (C=O) groups is 1. The highest BCUT2D eigenvalue weighted by molar-refractivity contribution is 7.92. The Kier molecular flexibility index (Phi) is 6.41. The average Bonchev–Trinajstić information content (AvgIpc) is 3.14. The molecule has 0 saturated carbocycles. The highest BCUT2D eigenvalue weighted by atomic mass is 32.2. The lowest BCUT2D eigenvalue weighted by molar-refractivity contribution is -0.122. The van der Waals surface area contributed by atoms with Crippen molar-refractivity contribution < 1.29 is 17.9 Å². The van der Waals surface area contributed by atoms with Crippen molar-refractivity contribution in [1.82, 2.24) is 5.32 Å². The lowest BCUT2D eigenvalue weighted by Crippen LogP contribution is -2.48. The minimum absolute atomic E-state index is 0.230. The molecule has 0 aliphatic heterocycles. The molecule has 1 aliphatic rings. The summed E-state index contributed by atoms with van der Waals surface area (Å²) in [6, 6.07) is 10.4. The highest BCUT2D eigenvalue weighted by Crippen LogP contribution is 2.33. The monoisotopic (exact) mass is 430 g/mol. The maximum absolute atomic E-state index is 13.0. The number of nitrogens with zero attached hydrogens (tertiary/aromatic N) is 1. The third-order valence-electron chi connectivity index (χ3n) is 5.64. The number of hydrogen-bond donors (Lipinski definition) is 1. The van der Waals surface area contributed by atoms with Gasteiger partial charge >= 0.3 is 0 Å². The molecule has 0 unspecified atom stereocenters. The number of rotatable bonds is 7. The SMILES string of the molecule is COc1ccc(C)cc1N([C@H](C)C(=O)N[C@@H](C)c1ccc2c(c1)CCC2)S(C)(=O)=O. The number of benzene rings is 2. The zero-order chi connectivity index (χ0) is 22.1. The number of anilines is 1. The topological polar surface area (TPSA) is 75.7 Å². The van der Waals surface area contributed by atoms with E-state index in [4.69, 9.17) is 4.74 Å². The summed E-state index contributed by atoms with van der Waals surface area (Å²) in [6.07, 6.45) is 4.44. The number of hydrogen-bond acceptors (Lipinski definition) is 4. The van der Waals surface area contributed by atoms with Crippen LogP contribution in [-0.4, -0.2) is 33.7 Å². The molecule has 2 aromatic carbocycles. The number of nitrogens with one attached hydrogen (secondary N) is 1. The van der Waals surface area contributed by atoms with Crippen LogP contribution in [0.4, 0.5) is 5.69 Å². The Balaban J connectivity index is 1.85. The standard InChI is InChI=1S/C23H30N2O4S/c1-15-9-12-22(29-4)21(13-15)25(30(5,27)28)17(3)23(26)24-16(2)19-11-10-18-7-6-8-20(18)14-19/h9-14,16-17H,6-8H2,1-5H3,(H,24,26)/t16-,17+/m0/s1. The number of ether oxygens (including phenoxy) is 1. The second kappa shape index (κ2) is 8.68. The minimum atomic E-state index is -3.73. The van der Waals surface area contributed by atoms with Crippen molar-refractivity contribution in [3.05, 3.63) is 58.7 Å². The number of sulfonamides is 1. The molecule has 162 valence electrons. The molecule has 2 aromatic rings. The smallest absolute Gasteiger partial charge is 0.244 e. The largest absolute Gasteiger partial charge is 0.495 e. The fraction of sp³-hybridized carbons (Fsp3) is 0.435. The van der Waals surface area contributed by atoms with E-state index in [2.05, 4.69) is 17.4 Å². The van der Waals surface area contributed by atoms with Crippen LogP contribution in [0.15, 0.2) is 36.4 Å². The summed E-state index contributed by atoms with van der Waals surface area (Å²) in [7, 11) is -2.25. The lowest BCUT2D eigenvalue weighted by Gasteiger charge is -2.30. The number of fused-ring (bicyclic) bond motifs is 1. The second-order valence-corrected chi connectivity index (χ2v) is 9.88. The van der Waals surface area contributed by atoms with Gasteiger partial charge in [-0.05, 0) is 74.4 Å². The Morgan fingerprint density at radius 1 is 1.10 bits per heavy atom. The molecule has 7 heteroatoms. The molecule has 30 heavy (non-hydrogen) atoms. The third-order valence-corrected chi connectivity index (χ3v) is 6.87. The van der Waals surface area contributed by atoms with Gasteiger partial charge in [-0.15, -0.1) is 0 Å². The van der Waals surface area contributed by atoms with E-state index in [1.807, 2.05) is 26.0 Å². The van der Waals surface area contributed by atoms with Gasteiger partial charge in [-0.3, -0.25) is 9.10 Å². The van der Waals surface area contributed by atoms with Crippen LogP contribution in [0.1, 0.15) is 48.6 Å². The van der Waals surface area contributed by atoms with E-state index < -0.39 is 16.1 Å². The molecule has 1 N–H and O–H groups in total. The van der Waals surface area contributed by atoms with E-state index in [0.29, 0.717) is 11.4 Å². The van der Waals surface area contributed by atoms with Crippen molar-refractivity contribution in [3.63, 3.8) is 0 Å². The lowest BCUT2D eigenvalue weighted by atomic mass is 10.0. The van der Waals surface area contributed by atoms with Gasteiger partial charge in [0.15, 0.2) is 0 Å². The summed E-state index contributed by atoms with van der Waals surface area (Å²) >= 11 is 0.